The van der Waals surface area contributed by atoms with Gasteiger partial charge in [-0.2, -0.15) is 0 Å². The molecule has 9 heteroatoms. The molecule has 0 saturated carbocycles. The summed E-state index contributed by atoms with van der Waals surface area (Å²) in [5, 5.41) is 26.5. The predicted molar refractivity (Wildman–Crippen MR) is 136 cm³/mol. The molecule has 37 heavy (non-hydrogen) atoms. The van der Waals surface area contributed by atoms with Crippen molar-refractivity contribution in [2.75, 3.05) is 10.6 Å². The third-order valence-corrected chi connectivity index (χ3v) is 4.83. The van der Waals surface area contributed by atoms with Gasteiger partial charge in [0, 0.05) is 22.5 Å². The van der Waals surface area contributed by atoms with Crippen LogP contribution >= 0.6 is 0 Å². The van der Waals surface area contributed by atoms with Gasteiger partial charge in [0.05, 0.1) is 11.9 Å². The van der Waals surface area contributed by atoms with Gasteiger partial charge in [-0.3, -0.25) is 9.59 Å². The first kappa shape index (κ1) is 29.3. The number of para-hydroxylation sites is 2. The largest absolute Gasteiger partial charge is 2.00 e. The second-order valence-corrected chi connectivity index (χ2v) is 7.37. The van der Waals surface area contributed by atoms with Crippen LogP contribution in [0.4, 0.5) is 11.4 Å². The maximum atomic E-state index is 11.8. The smallest absolute Gasteiger partial charge is 0.545 e. The fraction of sp³-hybridized carbons (Fsp3) is 0. The number of benzene rings is 4. The van der Waals surface area contributed by atoms with Crippen LogP contribution in [0, 0.1) is 0 Å². The van der Waals surface area contributed by atoms with E-state index in [0.29, 0.717) is 22.5 Å². The van der Waals surface area contributed by atoms with E-state index in [2.05, 4.69) is 10.6 Å². The number of aromatic carboxylic acids is 2. The van der Waals surface area contributed by atoms with Crippen molar-refractivity contribution >= 4 is 72.9 Å². The minimum atomic E-state index is -1.26. The van der Waals surface area contributed by atoms with Gasteiger partial charge in [0.2, 0.25) is 0 Å². The van der Waals surface area contributed by atoms with Crippen molar-refractivity contribution in [2.45, 2.75) is 0 Å². The number of anilines is 2. The van der Waals surface area contributed by atoms with Crippen LogP contribution in [0.2, 0.25) is 0 Å². The van der Waals surface area contributed by atoms with Crippen LogP contribution in [0.1, 0.15) is 41.4 Å². The van der Waals surface area contributed by atoms with Crippen LogP contribution in [0.3, 0.4) is 0 Å². The van der Waals surface area contributed by atoms with Crippen molar-refractivity contribution in [1.29, 1.82) is 0 Å². The average molecular weight is 521 g/mol. The third kappa shape index (κ3) is 9.19. The molecule has 0 radical (unpaired) electrons. The average Bonchev–Trinajstić information content (AvgIpc) is 2.90. The van der Waals surface area contributed by atoms with Crippen molar-refractivity contribution in [3.63, 3.8) is 0 Å². The Morgan fingerprint density at radius 2 is 0.703 bits per heavy atom. The molecule has 2 amide bonds. The van der Waals surface area contributed by atoms with Gasteiger partial charge in [-0.25, -0.2) is 0 Å². The summed E-state index contributed by atoms with van der Waals surface area (Å²) >= 11 is 0. The monoisotopic (exact) mass is 520 g/mol. The second-order valence-electron chi connectivity index (χ2n) is 7.37. The maximum absolute atomic E-state index is 11.8. The molecule has 0 saturated heterocycles. The SMILES string of the molecule is O=C([O-])c1ccc(C(=O)Nc2ccccc2)cc1.O=C([O-])c1ccc(C(=O)Nc2ccccc2)cc1.[Ca+2]. The fourth-order valence-corrected chi connectivity index (χ4v) is 2.96. The number of rotatable bonds is 6. The van der Waals surface area contributed by atoms with Crippen molar-refractivity contribution in [2.24, 2.45) is 0 Å². The van der Waals surface area contributed by atoms with Gasteiger partial charge in [-0.15, -0.1) is 0 Å². The number of carbonyl (C=O) groups excluding carboxylic acids is 4. The Bertz CT molecular complexity index is 1240. The molecular weight excluding hydrogens is 500 g/mol. The van der Waals surface area contributed by atoms with Crippen LogP contribution in [0.25, 0.3) is 0 Å². The van der Waals surface area contributed by atoms with Gasteiger partial charge in [0.1, 0.15) is 0 Å². The van der Waals surface area contributed by atoms with Crippen molar-refractivity contribution in [3.05, 3.63) is 131 Å². The molecular formula is C28H20CaN2O6. The molecule has 0 aliphatic carbocycles. The van der Waals surface area contributed by atoms with Crippen molar-refractivity contribution in [1.82, 2.24) is 0 Å². The first-order valence-electron chi connectivity index (χ1n) is 10.7. The third-order valence-electron chi connectivity index (χ3n) is 4.83. The molecule has 8 nitrogen and oxygen atoms in total. The number of amides is 2. The zero-order valence-electron chi connectivity index (χ0n) is 19.5. The van der Waals surface area contributed by atoms with Crippen LogP contribution in [-0.2, 0) is 0 Å². The molecule has 2 N–H and O–H groups in total. The number of carboxylic acid groups (broad SMARTS) is 2. The summed E-state index contributed by atoms with van der Waals surface area (Å²) in [4.78, 5) is 44.8. The van der Waals surface area contributed by atoms with E-state index >= 15 is 0 Å². The molecule has 180 valence electrons. The van der Waals surface area contributed by atoms with Crippen molar-refractivity contribution in [3.8, 4) is 0 Å². The van der Waals surface area contributed by atoms with E-state index in [1.165, 1.54) is 48.5 Å². The second kappa shape index (κ2) is 14.5. The number of nitrogens with one attached hydrogen (secondary N) is 2. The zero-order chi connectivity index (χ0) is 25.9. The summed E-state index contributed by atoms with van der Waals surface area (Å²) in [5.74, 6) is -3.09. The standard InChI is InChI=1S/2C14H11NO3.Ca/c2*16-13(15-12-4-2-1-3-5-12)10-6-8-11(9-7-10)14(17)18;/h2*1-9H,(H,15,16)(H,17,18);/q;;+2/p-2. The van der Waals surface area contributed by atoms with Gasteiger partial charge >= 0.3 is 37.7 Å². The summed E-state index contributed by atoms with van der Waals surface area (Å²) in [7, 11) is 0. The number of hydrogen-bond donors (Lipinski definition) is 2. The number of hydrogen-bond acceptors (Lipinski definition) is 6. The molecule has 0 unspecified atom stereocenters. The molecule has 0 aliphatic heterocycles. The Labute approximate surface area is 243 Å². The van der Waals surface area contributed by atoms with Crippen LogP contribution in [-0.4, -0.2) is 61.5 Å². The maximum Gasteiger partial charge on any atom is 2.00 e. The molecule has 0 aliphatic rings. The Morgan fingerprint density at radius 3 is 0.973 bits per heavy atom. The fourth-order valence-electron chi connectivity index (χ4n) is 2.96. The Balaban J connectivity index is 0.000000253. The molecule has 4 aromatic carbocycles. The van der Waals surface area contributed by atoms with E-state index in [1.807, 2.05) is 36.4 Å². The van der Waals surface area contributed by atoms with E-state index in [-0.39, 0.29) is 60.7 Å². The normalized spacial score (nSPS) is 9.51. The molecule has 4 aromatic rings. The number of carboxylic acids is 2. The first-order chi connectivity index (χ1) is 17.3. The minimum Gasteiger partial charge on any atom is -0.545 e. The van der Waals surface area contributed by atoms with E-state index in [9.17, 15) is 29.4 Å². The van der Waals surface area contributed by atoms with E-state index in [1.54, 1.807) is 24.3 Å². The number of carbonyl (C=O) groups is 4. The summed E-state index contributed by atoms with van der Waals surface area (Å²) in [5.41, 5.74) is 2.25. The molecule has 0 aromatic heterocycles. The Hall–Kier alpha value is -3.98. The Morgan fingerprint density at radius 1 is 0.432 bits per heavy atom. The van der Waals surface area contributed by atoms with Crippen LogP contribution in [0.15, 0.2) is 109 Å². The molecule has 0 fully saturated rings. The van der Waals surface area contributed by atoms with Gasteiger partial charge in [0.25, 0.3) is 11.8 Å². The summed E-state index contributed by atoms with van der Waals surface area (Å²) in [6.07, 6.45) is 0. The van der Waals surface area contributed by atoms with E-state index in [0.717, 1.165) is 0 Å². The quantitative estimate of drug-likeness (QED) is 0.374. The molecule has 0 spiro atoms. The van der Waals surface area contributed by atoms with Gasteiger partial charge in [0.15, 0.2) is 0 Å². The summed E-state index contributed by atoms with van der Waals surface area (Å²) in [6.45, 7) is 0. The zero-order valence-corrected chi connectivity index (χ0v) is 21.8. The topological polar surface area (TPSA) is 138 Å². The van der Waals surface area contributed by atoms with Gasteiger partial charge < -0.3 is 30.4 Å². The molecule has 0 atom stereocenters. The van der Waals surface area contributed by atoms with E-state index < -0.39 is 11.9 Å². The molecule has 4 rings (SSSR count). The van der Waals surface area contributed by atoms with Gasteiger partial charge in [-0.05, 0) is 59.7 Å². The first-order valence-corrected chi connectivity index (χ1v) is 10.7. The summed E-state index contributed by atoms with van der Waals surface area (Å²) < 4.78 is 0. The minimum absolute atomic E-state index is 0. The Kier molecular flexibility index (Phi) is 11.5. The van der Waals surface area contributed by atoms with Crippen LogP contribution in [0.5, 0.6) is 0 Å². The summed E-state index contributed by atoms with van der Waals surface area (Å²) in [6, 6.07) is 29.2. The molecule has 0 bridgehead atoms. The van der Waals surface area contributed by atoms with E-state index in [4.69, 9.17) is 0 Å². The molecule has 0 heterocycles. The van der Waals surface area contributed by atoms with Crippen molar-refractivity contribution < 1.29 is 29.4 Å². The van der Waals surface area contributed by atoms with Gasteiger partial charge in [-0.1, -0.05) is 60.7 Å². The van der Waals surface area contributed by atoms with Crippen LogP contribution < -0.4 is 20.8 Å². The predicted octanol–water partition coefficient (Wildman–Crippen LogP) is 2.22.